The molecule has 0 fully saturated rings. The van der Waals surface area contributed by atoms with E-state index in [0.29, 0.717) is 17.6 Å². The molecule has 24 heavy (non-hydrogen) atoms. The number of phosphoric acid groups is 1. The number of hydrogen-bond acceptors (Lipinski definition) is 8. The second kappa shape index (κ2) is 7.54. The average molecular weight is 359 g/mol. The first-order valence-electron chi connectivity index (χ1n) is 7.44. The van der Waals surface area contributed by atoms with E-state index in [9.17, 15) is 9.46 Å². The van der Waals surface area contributed by atoms with E-state index < -0.39 is 26.3 Å². The van der Waals surface area contributed by atoms with E-state index in [2.05, 4.69) is 19.5 Å². The van der Waals surface area contributed by atoms with E-state index in [1.165, 1.54) is 6.33 Å². The summed E-state index contributed by atoms with van der Waals surface area (Å²) < 4.78 is 28.7. The minimum atomic E-state index is -4.08. The molecule has 2 rings (SSSR count). The number of anilines is 1. The Bertz CT molecular complexity index is 739. The van der Waals surface area contributed by atoms with Gasteiger partial charge in [0.15, 0.2) is 11.5 Å². The third kappa shape index (κ3) is 4.08. The largest absolute Gasteiger partial charge is 0.472 e. The van der Waals surface area contributed by atoms with Crippen molar-refractivity contribution in [3.8, 4) is 0 Å². The summed E-state index contributed by atoms with van der Waals surface area (Å²) >= 11 is 0. The summed E-state index contributed by atoms with van der Waals surface area (Å²) in [5, 5.41) is 0. The third-order valence-electron chi connectivity index (χ3n) is 3.61. The second-order valence-corrected chi connectivity index (χ2v) is 6.74. The van der Waals surface area contributed by atoms with Crippen LogP contribution in [0.5, 0.6) is 0 Å². The lowest BCUT2D eigenvalue weighted by Gasteiger charge is -2.27. The Morgan fingerprint density at radius 2 is 2.08 bits per heavy atom. The molecule has 0 aliphatic carbocycles. The number of phosphoric ester groups is 1. The molecule has 0 spiro atoms. The topological polar surface area (TPSA) is 135 Å². The smallest absolute Gasteiger partial charge is 0.382 e. The van der Waals surface area contributed by atoms with Crippen LogP contribution in [0.2, 0.25) is 0 Å². The maximum absolute atomic E-state index is 11.5. The van der Waals surface area contributed by atoms with Crippen molar-refractivity contribution in [3.63, 3.8) is 0 Å². The fourth-order valence-electron chi connectivity index (χ4n) is 2.31. The Labute approximate surface area is 139 Å². The minimum Gasteiger partial charge on any atom is -0.382 e. The number of ether oxygens (including phenoxy) is 1. The number of nitrogen functional groups attached to an aromatic ring is 1. The van der Waals surface area contributed by atoms with Crippen molar-refractivity contribution in [2.45, 2.75) is 45.6 Å². The molecule has 0 saturated carbocycles. The zero-order valence-corrected chi connectivity index (χ0v) is 14.9. The fourth-order valence-corrected chi connectivity index (χ4v) is 2.96. The van der Waals surface area contributed by atoms with Crippen LogP contribution in [0.4, 0.5) is 5.82 Å². The molecule has 3 unspecified atom stereocenters. The Kier molecular flexibility index (Phi) is 5.89. The van der Waals surface area contributed by atoms with Gasteiger partial charge in [0.05, 0.1) is 18.5 Å². The van der Waals surface area contributed by atoms with Gasteiger partial charge in [-0.15, -0.1) is 0 Å². The van der Waals surface area contributed by atoms with Crippen molar-refractivity contribution >= 4 is 24.8 Å². The summed E-state index contributed by atoms with van der Waals surface area (Å²) in [6, 6.07) is 0. The molecule has 0 aliphatic rings. The molecule has 0 radical (unpaired) electrons. The van der Waals surface area contributed by atoms with Gasteiger partial charge >= 0.3 is 7.82 Å². The molecule has 10 nitrogen and oxygen atoms in total. The van der Waals surface area contributed by atoms with Gasteiger partial charge in [0, 0.05) is 7.11 Å². The summed E-state index contributed by atoms with van der Waals surface area (Å²) in [4.78, 5) is 21.7. The summed E-state index contributed by atoms with van der Waals surface area (Å²) in [5.74, 6) is 0.288. The molecule has 0 saturated heterocycles. The lowest BCUT2D eigenvalue weighted by molar-refractivity contribution is -0.0909. The molecule has 0 bridgehead atoms. The Morgan fingerprint density at radius 3 is 2.71 bits per heavy atom. The van der Waals surface area contributed by atoms with Gasteiger partial charge in [-0.3, -0.25) is 13.6 Å². The van der Waals surface area contributed by atoms with E-state index >= 15 is 0 Å². The maximum Gasteiger partial charge on any atom is 0.472 e. The molecular weight excluding hydrogens is 337 g/mol. The Morgan fingerprint density at radius 1 is 1.38 bits per heavy atom. The molecule has 0 aliphatic heterocycles. The van der Waals surface area contributed by atoms with Gasteiger partial charge in [0.1, 0.15) is 18.1 Å². The number of nitrogens with zero attached hydrogens (tertiary/aromatic N) is 4. The van der Waals surface area contributed by atoms with E-state index in [1.54, 1.807) is 17.8 Å². The predicted molar refractivity (Wildman–Crippen MR) is 87.0 cm³/mol. The highest BCUT2D eigenvalue weighted by Crippen LogP contribution is 2.44. The van der Waals surface area contributed by atoms with E-state index in [-0.39, 0.29) is 5.82 Å². The molecule has 2 heterocycles. The highest BCUT2D eigenvalue weighted by Gasteiger charge is 2.29. The number of fused-ring (bicyclic) bond motifs is 1. The van der Waals surface area contributed by atoms with Crippen LogP contribution >= 0.6 is 7.82 Å². The lowest BCUT2D eigenvalue weighted by Crippen LogP contribution is -2.30. The summed E-state index contributed by atoms with van der Waals surface area (Å²) in [5.41, 5.74) is 6.80. The van der Waals surface area contributed by atoms with Crippen molar-refractivity contribution in [2.75, 3.05) is 12.8 Å². The number of hydrogen-bond donors (Lipinski definition) is 2. The molecule has 134 valence electrons. The van der Waals surface area contributed by atoms with Crippen LogP contribution in [-0.4, -0.2) is 43.7 Å². The normalized spacial score (nSPS) is 18.2. The second-order valence-electron chi connectivity index (χ2n) is 5.23. The van der Waals surface area contributed by atoms with E-state index in [1.807, 2.05) is 13.8 Å². The summed E-state index contributed by atoms with van der Waals surface area (Å²) in [7, 11) is -2.97. The van der Waals surface area contributed by atoms with Crippen LogP contribution in [0.1, 0.15) is 33.4 Å². The highest BCUT2D eigenvalue weighted by atomic mass is 31.2. The summed E-state index contributed by atoms with van der Waals surface area (Å²) in [6.45, 7) is 5.34. The van der Waals surface area contributed by atoms with Crippen molar-refractivity contribution in [1.82, 2.24) is 19.5 Å². The van der Waals surface area contributed by atoms with Crippen molar-refractivity contribution < 1.29 is 23.2 Å². The van der Waals surface area contributed by atoms with Crippen LogP contribution in [0, 0.1) is 0 Å². The van der Waals surface area contributed by atoms with Crippen LogP contribution in [-0.2, 0) is 18.3 Å². The zero-order chi connectivity index (χ0) is 17.9. The third-order valence-corrected chi connectivity index (χ3v) is 4.67. The standard InChI is InChI=1S/C13H22N5O5P/c1-5-10(8(2)23-24(19,20)21-4)22-9(3)18-7-17-11-12(14)15-6-16-13(11)18/h6-10H,5H2,1-4H3,(H,19,20)(H2,14,15,16)/t8?,9?,10-/m0/s1. The summed E-state index contributed by atoms with van der Waals surface area (Å²) in [6.07, 6.45) is 1.95. The molecule has 2 aromatic heterocycles. The first-order valence-corrected chi connectivity index (χ1v) is 8.94. The van der Waals surface area contributed by atoms with Gasteiger partial charge in [-0.05, 0) is 20.3 Å². The highest BCUT2D eigenvalue weighted by molar-refractivity contribution is 7.47. The molecule has 0 amide bonds. The fraction of sp³-hybridized carbons (Fsp3) is 0.615. The molecule has 2 aromatic rings. The number of rotatable bonds is 8. The SMILES string of the molecule is CC[C@H](OC(C)n1cnc2c(N)ncnc21)C(C)OP(=O)(O)OC. The van der Waals surface area contributed by atoms with Gasteiger partial charge in [-0.1, -0.05) is 6.92 Å². The first kappa shape index (κ1) is 18.8. The Balaban J connectivity index is 2.15. The molecule has 0 aromatic carbocycles. The maximum atomic E-state index is 11.5. The molecular formula is C13H22N5O5P. The molecule has 11 heteroatoms. The molecule has 4 atom stereocenters. The van der Waals surface area contributed by atoms with Crippen LogP contribution in [0.15, 0.2) is 12.7 Å². The lowest BCUT2D eigenvalue weighted by atomic mass is 10.2. The van der Waals surface area contributed by atoms with Gasteiger partial charge < -0.3 is 15.4 Å². The van der Waals surface area contributed by atoms with Crippen molar-refractivity contribution in [1.29, 1.82) is 0 Å². The quantitative estimate of drug-likeness (QED) is 0.677. The molecule has 3 N–H and O–H groups in total. The zero-order valence-electron chi connectivity index (χ0n) is 14.0. The predicted octanol–water partition coefficient (Wildman–Crippen LogP) is 1.87. The van der Waals surface area contributed by atoms with Gasteiger partial charge in [-0.2, -0.15) is 0 Å². The number of aromatic nitrogens is 4. The van der Waals surface area contributed by atoms with Gasteiger partial charge in [0.2, 0.25) is 0 Å². The minimum absolute atomic E-state index is 0.288. The number of imidazole rings is 1. The van der Waals surface area contributed by atoms with Gasteiger partial charge in [0.25, 0.3) is 0 Å². The van der Waals surface area contributed by atoms with Crippen molar-refractivity contribution in [3.05, 3.63) is 12.7 Å². The van der Waals surface area contributed by atoms with Crippen molar-refractivity contribution in [2.24, 2.45) is 0 Å². The average Bonchev–Trinajstić information content (AvgIpc) is 2.97. The van der Waals surface area contributed by atoms with Crippen LogP contribution < -0.4 is 5.73 Å². The monoisotopic (exact) mass is 359 g/mol. The van der Waals surface area contributed by atoms with E-state index in [4.69, 9.17) is 15.0 Å². The van der Waals surface area contributed by atoms with Crippen LogP contribution in [0.3, 0.4) is 0 Å². The van der Waals surface area contributed by atoms with Crippen LogP contribution in [0.25, 0.3) is 11.2 Å². The Hall–Kier alpha value is -1.58. The first-order chi connectivity index (χ1) is 11.3. The van der Waals surface area contributed by atoms with E-state index in [0.717, 1.165) is 7.11 Å². The van der Waals surface area contributed by atoms with Gasteiger partial charge in [-0.25, -0.2) is 19.5 Å². The number of nitrogens with two attached hydrogens (primary N) is 1.